The number of anilines is 2. The van der Waals surface area contributed by atoms with Gasteiger partial charge in [-0.15, -0.1) is 0 Å². The number of nitrogens with zero attached hydrogens (tertiary/aromatic N) is 2. The van der Waals surface area contributed by atoms with Crippen molar-refractivity contribution >= 4 is 40.3 Å². The van der Waals surface area contributed by atoms with E-state index >= 15 is 0 Å². The molecule has 2 aromatic carbocycles. The molecular weight excluding hydrogens is 328 g/mol. The predicted molar refractivity (Wildman–Crippen MR) is 99.1 cm³/mol. The van der Waals surface area contributed by atoms with Gasteiger partial charge in [-0.05, 0) is 54.2 Å². The van der Waals surface area contributed by atoms with Crippen LogP contribution in [0.1, 0.15) is 5.56 Å². The summed E-state index contributed by atoms with van der Waals surface area (Å²) in [6.45, 7) is 0.749. The highest BCUT2D eigenvalue weighted by Crippen LogP contribution is 2.16. The fourth-order valence-electron chi connectivity index (χ4n) is 2.13. The van der Waals surface area contributed by atoms with Crippen LogP contribution in [0, 0.1) is 0 Å². The SMILES string of the molecule is S=C(Nc1ccc(Cn2cccn2)cc1)Nc1cccc(Cl)c1. The van der Waals surface area contributed by atoms with Crippen molar-refractivity contribution < 1.29 is 0 Å². The number of nitrogens with one attached hydrogen (secondary N) is 2. The van der Waals surface area contributed by atoms with Crippen LogP contribution < -0.4 is 10.6 Å². The van der Waals surface area contributed by atoms with E-state index < -0.39 is 0 Å². The molecule has 0 atom stereocenters. The molecule has 0 bridgehead atoms. The van der Waals surface area contributed by atoms with Crippen molar-refractivity contribution in [1.82, 2.24) is 9.78 Å². The minimum atomic E-state index is 0.520. The lowest BCUT2D eigenvalue weighted by atomic mass is 10.2. The fourth-order valence-corrected chi connectivity index (χ4v) is 2.56. The van der Waals surface area contributed by atoms with Gasteiger partial charge in [0, 0.05) is 28.8 Å². The molecule has 1 aromatic heterocycles. The van der Waals surface area contributed by atoms with E-state index in [1.54, 1.807) is 6.20 Å². The first-order chi connectivity index (χ1) is 11.2. The van der Waals surface area contributed by atoms with Gasteiger partial charge >= 0.3 is 0 Å². The van der Waals surface area contributed by atoms with E-state index in [2.05, 4.69) is 15.7 Å². The van der Waals surface area contributed by atoms with Crippen molar-refractivity contribution in [3.05, 3.63) is 77.6 Å². The maximum Gasteiger partial charge on any atom is 0.175 e. The maximum atomic E-state index is 5.95. The standard InChI is InChI=1S/C17H15ClN4S/c18-14-3-1-4-16(11-14)21-17(23)20-15-7-5-13(6-8-15)12-22-10-2-9-19-22/h1-11H,12H2,(H2,20,21,23). The van der Waals surface area contributed by atoms with Gasteiger partial charge in [-0.1, -0.05) is 29.8 Å². The summed E-state index contributed by atoms with van der Waals surface area (Å²) in [4.78, 5) is 0. The summed E-state index contributed by atoms with van der Waals surface area (Å²) in [5.41, 5.74) is 2.95. The number of rotatable bonds is 4. The Morgan fingerprint density at radius 3 is 2.52 bits per heavy atom. The summed E-state index contributed by atoms with van der Waals surface area (Å²) >= 11 is 11.3. The van der Waals surface area contributed by atoms with Gasteiger partial charge in [0.25, 0.3) is 0 Å². The number of aromatic nitrogens is 2. The van der Waals surface area contributed by atoms with Gasteiger partial charge in [-0.25, -0.2) is 0 Å². The van der Waals surface area contributed by atoms with Crippen LogP contribution in [0.15, 0.2) is 67.0 Å². The second-order valence-corrected chi connectivity index (χ2v) is 5.83. The molecule has 0 aliphatic carbocycles. The second-order valence-electron chi connectivity index (χ2n) is 4.99. The van der Waals surface area contributed by atoms with E-state index in [-0.39, 0.29) is 0 Å². The zero-order valence-corrected chi connectivity index (χ0v) is 13.8. The van der Waals surface area contributed by atoms with Crippen molar-refractivity contribution in [2.24, 2.45) is 0 Å². The highest BCUT2D eigenvalue weighted by atomic mass is 35.5. The molecule has 0 spiro atoms. The Morgan fingerprint density at radius 1 is 1.04 bits per heavy atom. The van der Waals surface area contributed by atoms with E-state index in [0.29, 0.717) is 10.1 Å². The van der Waals surface area contributed by atoms with Crippen molar-refractivity contribution in [2.75, 3.05) is 10.6 Å². The summed E-state index contributed by atoms with van der Waals surface area (Å²) in [5.74, 6) is 0. The van der Waals surface area contributed by atoms with Gasteiger partial charge < -0.3 is 10.6 Å². The molecule has 0 aliphatic heterocycles. The van der Waals surface area contributed by atoms with Gasteiger partial charge in [-0.3, -0.25) is 4.68 Å². The van der Waals surface area contributed by atoms with Crippen LogP contribution in [0.4, 0.5) is 11.4 Å². The third kappa shape index (κ3) is 4.55. The topological polar surface area (TPSA) is 41.9 Å². The van der Waals surface area contributed by atoms with Crippen LogP contribution in [0.2, 0.25) is 5.02 Å². The molecule has 6 heteroatoms. The monoisotopic (exact) mass is 342 g/mol. The lowest BCUT2D eigenvalue weighted by Crippen LogP contribution is -2.19. The molecule has 4 nitrogen and oxygen atoms in total. The molecule has 23 heavy (non-hydrogen) atoms. The second kappa shape index (κ2) is 7.26. The van der Waals surface area contributed by atoms with Gasteiger partial charge in [0.15, 0.2) is 5.11 Å². The molecule has 0 radical (unpaired) electrons. The summed E-state index contributed by atoms with van der Waals surface area (Å²) in [5, 5.41) is 11.6. The van der Waals surface area contributed by atoms with E-state index in [9.17, 15) is 0 Å². The Labute approximate surface area is 145 Å². The molecule has 0 saturated carbocycles. The van der Waals surface area contributed by atoms with Crippen molar-refractivity contribution in [2.45, 2.75) is 6.54 Å². The Hall–Kier alpha value is -2.37. The molecule has 0 unspecified atom stereocenters. The number of thiocarbonyl (C=S) groups is 1. The first-order valence-electron chi connectivity index (χ1n) is 7.09. The van der Waals surface area contributed by atoms with Crippen LogP contribution in [-0.2, 0) is 6.54 Å². The smallest absolute Gasteiger partial charge is 0.175 e. The molecule has 3 aromatic rings. The highest BCUT2D eigenvalue weighted by Gasteiger charge is 2.01. The number of benzene rings is 2. The molecule has 3 rings (SSSR count). The molecule has 0 aliphatic rings. The van der Waals surface area contributed by atoms with Gasteiger partial charge in [-0.2, -0.15) is 5.10 Å². The molecule has 2 N–H and O–H groups in total. The molecule has 1 heterocycles. The van der Waals surface area contributed by atoms with Crippen LogP contribution >= 0.6 is 23.8 Å². The van der Waals surface area contributed by atoms with E-state index in [0.717, 1.165) is 17.9 Å². The quantitative estimate of drug-likeness (QED) is 0.690. The van der Waals surface area contributed by atoms with E-state index in [1.165, 1.54) is 5.56 Å². The molecular formula is C17H15ClN4S. The zero-order valence-electron chi connectivity index (χ0n) is 12.2. The number of hydrogen-bond donors (Lipinski definition) is 2. The summed E-state index contributed by atoms with van der Waals surface area (Å²) < 4.78 is 1.88. The summed E-state index contributed by atoms with van der Waals surface area (Å²) in [6, 6.07) is 17.4. The van der Waals surface area contributed by atoms with Crippen LogP contribution in [-0.4, -0.2) is 14.9 Å². The number of hydrogen-bond acceptors (Lipinski definition) is 2. The number of halogens is 1. The largest absolute Gasteiger partial charge is 0.332 e. The Kier molecular flexibility index (Phi) is 4.90. The van der Waals surface area contributed by atoms with E-state index in [1.807, 2.05) is 65.5 Å². The normalized spacial score (nSPS) is 10.3. The molecule has 0 amide bonds. The lowest BCUT2D eigenvalue weighted by molar-refractivity contribution is 0.687. The van der Waals surface area contributed by atoms with Crippen LogP contribution in [0.25, 0.3) is 0 Å². The van der Waals surface area contributed by atoms with Crippen molar-refractivity contribution in [3.63, 3.8) is 0 Å². The van der Waals surface area contributed by atoms with Crippen LogP contribution in [0.3, 0.4) is 0 Å². The van der Waals surface area contributed by atoms with Gasteiger partial charge in [0.2, 0.25) is 0 Å². The van der Waals surface area contributed by atoms with Gasteiger partial charge in [0.05, 0.1) is 6.54 Å². The third-order valence-corrected chi connectivity index (χ3v) is 3.64. The first-order valence-corrected chi connectivity index (χ1v) is 7.87. The minimum Gasteiger partial charge on any atom is -0.332 e. The third-order valence-electron chi connectivity index (χ3n) is 3.20. The van der Waals surface area contributed by atoms with Crippen LogP contribution in [0.5, 0.6) is 0 Å². The molecule has 0 fully saturated rings. The predicted octanol–water partition coefficient (Wildman–Crippen LogP) is 4.39. The lowest BCUT2D eigenvalue weighted by Gasteiger charge is -2.11. The summed E-state index contributed by atoms with van der Waals surface area (Å²) in [7, 11) is 0. The van der Waals surface area contributed by atoms with Gasteiger partial charge in [0.1, 0.15) is 0 Å². The minimum absolute atomic E-state index is 0.520. The Bertz CT molecular complexity index is 785. The summed E-state index contributed by atoms with van der Waals surface area (Å²) in [6.07, 6.45) is 3.71. The first kappa shape index (κ1) is 15.5. The van der Waals surface area contributed by atoms with Crippen molar-refractivity contribution in [3.8, 4) is 0 Å². The maximum absolute atomic E-state index is 5.95. The molecule has 0 saturated heterocycles. The zero-order chi connectivity index (χ0) is 16.1. The fraction of sp³-hybridized carbons (Fsp3) is 0.0588. The Balaban J connectivity index is 1.58. The highest BCUT2D eigenvalue weighted by molar-refractivity contribution is 7.80. The van der Waals surface area contributed by atoms with E-state index in [4.69, 9.17) is 23.8 Å². The van der Waals surface area contributed by atoms with Crippen molar-refractivity contribution in [1.29, 1.82) is 0 Å². The average Bonchev–Trinajstić information content (AvgIpc) is 3.02. The average molecular weight is 343 g/mol. The molecule has 116 valence electrons. The Morgan fingerprint density at radius 2 is 1.83 bits per heavy atom.